The molecule has 1 N–H and O–H groups in total. The number of halogens is 1. The predicted octanol–water partition coefficient (Wildman–Crippen LogP) is 3.68. The number of benzene rings is 3. The number of aromatic nitrogens is 4. The van der Waals surface area contributed by atoms with E-state index in [1.165, 1.54) is 29.0 Å². The lowest BCUT2D eigenvalue weighted by atomic mass is 10.1. The molecule has 38 heavy (non-hydrogen) atoms. The fourth-order valence-corrected chi connectivity index (χ4v) is 4.55. The van der Waals surface area contributed by atoms with Crippen LogP contribution in [0.4, 0.5) is 16.0 Å². The van der Waals surface area contributed by atoms with Gasteiger partial charge in [0, 0.05) is 29.1 Å². The first-order valence-corrected chi connectivity index (χ1v) is 11.8. The standard InChI is InChI=1S/C28H19FN6O3/c29-23-7-5-17(11-20(23)13-30)16-34-26(32-21-6-8-25-18(12-21)9-10-38-25)33-27(36)35(28(34)37)24-15-31-14-19-3-1-2-4-22(19)24/h1-8,11-12,14-15H,9-10,16H2,(H,32,33,36). The van der Waals surface area contributed by atoms with E-state index < -0.39 is 17.2 Å². The highest BCUT2D eigenvalue weighted by molar-refractivity contribution is 5.89. The van der Waals surface area contributed by atoms with Crippen LogP contribution in [0.25, 0.3) is 16.5 Å². The van der Waals surface area contributed by atoms with Gasteiger partial charge in [-0.05, 0) is 41.5 Å². The number of fused-ring (bicyclic) bond motifs is 2. The van der Waals surface area contributed by atoms with Crippen molar-refractivity contribution in [1.29, 1.82) is 5.26 Å². The van der Waals surface area contributed by atoms with Crippen LogP contribution in [-0.2, 0) is 13.0 Å². The summed E-state index contributed by atoms with van der Waals surface area (Å²) >= 11 is 0. The van der Waals surface area contributed by atoms with Crippen LogP contribution in [0.1, 0.15) is 16.7 Å². The normalized spacial score (nSPS) is 12.1. The van der Waals surface area contributed by atoms with Gasteiger partial charge in [-0.3, -0.25) is 9.55 Å². The summed E-state index contributed by atoms with van der Waals surface area (Å²) in [7, 11) is 0. The van der Waals surface area contributed by atoms with Crippen LogP contribution in [-0.4, -0.2) is 25.7 Å². The Balaban J connectivity index is 1.53. The van der Waals surface area contributed by atoms with E-state index in [1.807, 2.05) is 30.3 Å². The Hall–Kier alpha value is -5.30. The highest BCUT2D eigenvalue weighted by atomic mass is 19.1. The highest BCUT2D eigenvalue weighted by Gasteiger charge is 2.19. The maximum atomic E-state index is 14.0. The number of ether oxygens (including phenoxy) is 1. The van der Waals surface area contributed by atoms with Crippen molar-refractivity contribution in [3.05, 3.63) is 117 Å². The molecule has 0 amide bonds. The quantitative estimate of drug-likeness (QED) is 0.387. The molecule has 3 heterocycles. The molecule has 0 aliphatic carbocycles. The monoisotopic (exact) mass is 506 g/mol. The molecule has 0 saturated heterocycles. The summed E-state index contributed by atoms with van der Waals surface area (Å²) in [6.45, 7) is 0.512. The molecule has 0 spiro atoms. The molecule has 3 aromatic carbocycles. The Morgan fingerprint density at radius 2 is 1.95 bits per heavy atom. The fourth-order valence-electron chi connectivity index (χ4n) is 4.55. The summed E-state index contributed by atoms with van der Waals surface area (Å²) < 4.78 is 21.8. The lowest BCUT2D eigenvalue weighted by Crippen LogP contribution is -2.42. The molecule has 0 unspecified atom stereocenters. The van der Waals surface area contributed by atoms with Crippen molar-refractivity contribution in [1.82, 2.24) is 19.1 Å². The molecule has 1 aliphatic rings. The number of hydrogen-bond acceptors (Lipinski definition) is 7. The smallest absolute Gasteiger partial charge is 0.359 e. The zero-order valence-corrected chi connectivity index (χ0v) is 19.9. The van der Waals surface area contributed by atoms with Crippen molar-refractivity contribution in [3.63, 3.8) is 0 Å². The van der Waals surface area contributed by atoms with Gasteiger partial charge in [-0.2, -0.15) is 10.2 Å². The largest absolute Gasteiger partial charge is 0.493 e. The molecule has 6 rings (SSSR count). The van der Waals surface area contributed by atoms with Crippen LogP contribution in [0.15, 0.2) is 82.6 Å². The third kappa shape index (κ3) is 4.06. The van der Waals surface area contributed by atoms with E-state index in [9.17, 15) is 19.2 Å². The first-order chi connectivity index (χ1) is 18.5. The fraction of sp³-hybridized carbons (Fsp3) is 0.107. The van der Waals surface area contributed by atoms with E-state index in [-0.39, 0.29) is 23.7 Å². The number of rotatable bonds is 5. The first-order valence-electron chi connectivity index (χ1n) is 11.8. The summed E-state index contributed by atoms with van der Waals surface area (Å²) in [5.41, 5.74) is 0.789. The molecule has 0 fully saturated rings. The van der Waals surface area contributed by atoms with Crippen molar-refractivity contribution in [2.75, 3.05) is 11.9 Å². The van der Waals surface area contributed by atoms with Crippen LogP contribution < -0.4 is 21.4 Å². The van der Waals surface area contributed by atoms with E-state index in [0.717, 1.165) is 27.7 Å². The van der Waals surface area contributed by atoms with Crippen LogP contribution in [0.5, 0.6) is 5.75 Å². The molecule has 0 radical (unpaired) electrons. The summed E-state index contributed by atoms with van der Waals surface area (Å²) in [5, 5.41) is 13.8. The van der Waals surface area contributed by atoms with Gasteiger partial charge in [0.05, 0.1) is 30.6 Å². The highest BCUT2D eigenvalue weighted by Crippen LogP contribution is 2.29. The molecule has 186 valence electrons. The zero-order valence-electron chi connectivity index (χ0n) is 19.9. The Morgan fingerprint density at radius 1 is 1.08 bits per heavy atom. The third-order valence-electron chi connectivity index (χ3n) is 6.40. The molecular weight excluding hydrogens is 487 g/mol. The number of nitrogens with one attached hydrogen (secondary N) is 1. The Labute approximate surface area is 215 Å². The predicted molar refractivity (Wildman–Crippen MR) is 139 cm³/mol. The van der Waals surface area contributed by atoms with E-state index in [2.05, 4.69) is 15.3 Å². The molecule has 0 saturated carbocycles. The maximum absolute atomic E-state index is 14.0. The molecule has 9 nitrogen and oxygen atoms in total. The van der Waals surface area contributed by atoms with E-state index in [4.69, 9.17) is 4.74 Å². The minimum atomic E-state index is -0.784. The molecule has 0 atom stereocenters. The minimum Gasteiger partial charge on any atom is -0.493 e. The number of nitriles is 1. The van der Waals surface area contributed by atoms with Crippen LogP contribution in [0.2, 0.25) is 0 Å². The lowest BCUT2D eigenvalue weighted by molar-refractivity contribution is 0.357. The van der Waals surface area contributed by atoms with E-state index >= 15 is 0 Å². The van der Waals surface area contributed by atoms with Gasteiger partial charge < -0.3 is 10.1 Å². The van der Waals surface area contributed by atoms with Gasteiger partial charge in [0.2, 0.25) is 5.95 Å². The molecule has 2 aromatic heterocycles. The number of hydrogen-bond donors (Lipinski definition) is 1. The molecular formula is C28H19FN6O3. The van der Waals surface area contributed by atoms with Crippen LogP contribution in [0.3, 0.4) is 0 Å². The van der Waals surface area contributed by atoms with E-state index in [0.29, 0.717) is 23.2 Å². The average molecular weight is 506 g/mol. The average Bonchev–Trinajstić information content (AvgIpc) is 3.40. The van der Waals surface area contributed by atoms with Gasteiger partial charge in [0.15, 0.2) is 0 Å². The van der Waals surface area contributed by atoms with Gasteiger partial charge in [-0.15, -0.1) is 0 Å². The van der Waals surface area contributed by atoms with Gasteiger partial charge in [0.25, 0.3) is 0 Å². The maximum Gasteiger partial charge on any atom is 0.359 e. The third-order valence-corrected chi connectivity index (χ3v) is 6.40. The van der Waals surface area contributed by atoms with Gasteiger partial charge in [-0.1, -0.05) is 30.3 Å². The van der Waals surface area contributed by atoms with Gasteiger partial charge in [0.1, 0.15) is 17.6 Å². The van der Waals surface area contributed by atoms with Crippen molar-refractivity contribution in [2.24, 2.45) is 0 Å². The zero-order chi connectivity index (χ0) is 26.2. The number of pyridine rings is 1. The summed E-state index contributed by atoms with van der Waals surface area (Å²) in [4.78, 5) is 35.6. The van der Waals surface area contributed by atoms with E-state index in [1.54, 1.807) is 24.4 Å². The van der Waals surface area contributed by atoms with Crippen LogP contribution in [0, 0.1) is 17.1 Å². The Bertz CT molecular complexity index is 1880. The molecule has 1 aliphatic heterocycles. The van der Waals surface area contributed by atoms with Crippen molar-refractivity contribution >= 4 is 22.4 Å². The van der Waals surface area contributed by atoms with Gasteiger partial charge in [-0.25, -0.2) is 18.5 Å². The molecule has 10 heteroatoms. The second kappa shape index (κ2) is 9.29. The van der Waals surface area contributed by atoms with Crippen LogP contribution >= 0.6 is 0 Å². The molecule has 5 aromatic rings. The van der Waals surface area contributed by atoms with Crippen molar-refractivity contribution < 1.29 is 9.13 Å². The second-order valence-corrected chi connectivity index (χ2v) is 8.77. The summed E-state index contributed by atoms with van der Waals surface area (Å²) in [6, 6.07) is 18.6. The van der Waals surface area contributed by atoms with Gasteiger partial charge >= 0.3 is 11.4 Å². The van der Waals surface area contributed by atoms with Crippen molar-refractivity contribution in [3.8, 4) is 17.5 Å². The SMILES string of the molecule is N#Cc1cc(Cn2c(Nc3ccc4c(c3)CCO4)nc(=O)n(-c3cncc4ccccc34)c2=O)ccc1F. The topological polar surface area (TPSA) is 115 Å². The summed E-state index contributed by atoms with van der Waals surface area (Å²) in [5.74, 6) is 0.133. The van der Waals surface area contributed by atoms with Crippen molar-refractivity contribution in [2.45, 2.75) is 13.0 Å². The Morgan fingerprint density at radius 3 is 2.82 bits per heavy atom. The second-order valence-electron chi connectivity index (χ2n) is 8.77. The number of anilines is 2. The first kappa shape index (κ1) is 23.1. The summed E-state index contributed by atoms with van der Waals surface area (Å²) in [6.07, 6.45) is 3.83. The Kier molecular flexibility index (Phi) is 5.65. The number of nitrogens with zero attached hydrogens (tertiary/aromatic N) is 5. The molecule has 0 bridgehead atoms. The lowest BCUT2D eigenvalue weighted by Gasteiger charge is -2.17. The minimum absolute atomic E-state index is 0.00569.